The molecule has 2 aromatic carbocycles. The fraction of sp³-hybridized carbons (Fsp3) is 0.143. The molecule has 3 aromatic heterocycles. The number of amides is 2. The second-order valence-corrected chi connectivity index (χ2v) is 8.44. The number of nitrogens with zero attached hydrogens (tertiary/aromatic N) is 3. The van der Waals surface area contributed by atoms with Crippen LogP contribution in [0.3, 0.4) is 0 Å². The van der Waals surface area contributed by atoms with Crippen molar-refractivity contribution in [3.63, 3.8) is 0 Å². The predicted octanol–water partition coefficient (Wildman–Crippen LogP) is 4.17. The zero-order valence-corrected chi connectivity index (χ0v) is 19.7. The van der Waals surface area contributed by atoms with Crippen LogP contribution in [0.15, 0.2) is 95.7 Å². The van der Waals surface area contributed by atoms with Crippen LogP contribution in [0, 0.1) is 0 Å². The highest BCUT2D eigenvalue weighted by molar-refractivity contribution is 6.07. The van der Waals surface area contributed by atoms with Crippen molar-refractivity contribution in [2.45, 2.75) is 26.1 Å². The molecule has 2 N–H and O–H groups in total. The normalized spacial score (nSPS) is 11.8. The maximum absolute atomic E-state index is 13.4. The third-order valence-corrected chi connectivity index (χ3v) is 5.86. The number of nitrogens with one attached hydrogen (secondary N) is 2. The maximum atomic E-state index is 13.4. The summed E-state index contributed by atoms with van der Waals surface area (Å²) in [6, 6.07) is 24.1. The van der Waals surface area contributed by atoms with Crippen LogP contribution in [-0.4, -0.2) is 32.6 Å². The first-order valence-corrected chi connectivity index (χ1v) is 11.7. The van der Waals surface area contributed by atoms with Crippen molar-refractivity contribution in [3.05, 3.63) is 108 Å². The van der Waals surface area contributed by atoms with E-state index >= 15 is 0 Å². The van der Waals surface area contributed by atoms with Crippen LogP contribution < -0.4 is 10.6 Å². The first kappa shape index (κ1) is 23.0. The van der Waals surface area contributed by atoms with Crippen molar-refractivity contribution in [2.75, 3.05) is 0 Å². The molecule has 1 unspecified atom stereocenters. The summed E-state index contributed by atoms with van der Waals surface area (Å²) in [7, 11) is 0. The molecular weight excluding hydrogens is 454 g/mol. The van der Waals surface area contributed by atoms with Crippen molar-refractivity contribution in [1.82, 2.24) is 25.4 Å². The Balaban J connectivity index is 1.44. The van der Waals surface area contributed by atoms with Gasteiger partial charge in [0.25, 0.3) is 5.91 Å². The zero-order valence-electron chi connectivity index (χ0n) is 19.7. The van der Waals surface area contributed by atoms with Gasteiger partial charge in [-0.1, -0.05) is 60.7 Å². The molecule has 0 aliphatic rings. The molecular formula is C28H25N5O3. The molecule has 2 amide bonds. The summed E-state index contributed by atoms with van der Waals surface area (Å²) in [5.41, 5.74) is 3.61. The van der Waals surface area contributed by atoms with E-state index in [-0.39, 0.29) is 18.4 Å². The topological polar surface area (TPSA) is 102 Å². The van der Waals surface area contributed by atoms with Gasteiger partial charge in [-0.15, -0.1) is 0 Å². The molecule has 5 rings (SSSR count). The molecule has 5 aromatic rings. The van der Waals surface area contributed by atoms with E-state index in [4.69, 9.17) is 9.40 Å². The number of hydrogen-bond donors (Lipinski definition) is 2. The number of pyridine rings is 1. The lowest BCUT2D eigenvalue weighted by atomic mass is 10.1. The van der Waals surface area contributed by atoms with Gasteiger partial charge in [0.1, 0.15) is 11.8 Å². The second-order valence-electron chi connectivity index (χ2n) is 8.44. The second kappa shape index (κ2) is 10.3. The van der Waals surface area contributed by atoms with E-state index in [1.54, 1.807) is 42.3 Å². The third-order valence-electron chi connectivity index (χ3n) is 5.86. The Hall–Kier alpha value is -4.72. The Labute approximate surface area is 208 Å². The number of benzene rings is 2. The standard InChI is InChI=1S/C28H25N5O3/c1-19(27(34)29-16-22-13-8-14-36-22)31-28(35)23-15-25(21-11-6-3-7-12-21)32-26-24(23)17-30-33(26)18-20-9-4-2-5-10-20/h2-15,17,19H,16,18H2,1H3,(H,29,34)(H,31,35). The van der Waals surface area contributed by atoms with Crippen molar-refractivity contribution in [1.29, 1.82) is 0 Å². The molecule has 0 fully saturated rings. The van der Waals surface area contributed by atoms with Crippen molar-refractivity contribution in [3.8, 4) is 11.3 Å². The largest absolute Gasteiger partial charge is 0.467 e. The summed E-state index contributed by atoms with van der Waals surface area (Å²) in [5.74, 6) is -0.0522. The first-order valence-electron chi connectivity index (χ1n) is 11.7. The summed E-state index contributed by atoms with van der Waals surface area (Å²) < 4.78 is 7.03. The molecule has 8 heteroatoms. The van der Waals surface area contributed by atoms with E-state index in [0.717, 1.165) is 11.1 Å². The van der Waals surface area contributed by atoms with E-state index in [9.17, 15) is 9.59 Å². The molecule has 0 saturated heterocycles. The van der Waals surface area contributed by atoms with Gasteiger partial charge in [0.05, 0.1) is 42.2 Å². The molecule has 8 nitrogen and oxygen atoms in total. The van der Waals surface area contributed by atoms with Gasteiger partial charge in [-0.05, 0) is 30.7 Å². The van der Waals surface area contributed by atoms with Crippen LogP contribution in [-0.2, 0) is 17.9 Å². The fourth-order valence-corrected chi connectivity index (χ4v) is 3.94. The minimum Gasteiger partial charge on any atom is -0.467 e. The highest BCUT2D eigenvalue weighted by atomic mass is 16.3. The summed E-state index contributed by atoms with van der Waals surface area (Å²) >= 11 is 0. The molecule has 0 radical (unpaired) electrons. The number of carbonyl (C=O) groups excluding carboxylic acids is 2. The summed E-state index contributed by atoms with van der Waals surface area (Å²) in [6.07, 6.45) is 3.19. The number of rotatable bonds is 8. The number of aromatic nitrogens is 3. The Morgan fingerprint density at radius 3 is 2.47 bits per heavy atom. The van der Waals surface area contributed by atoms with E-state index in [0.29, 0.717) is 34.6 Å². The van der Waals surface area contributed by atoms with Crippen LogP contribution in [0.4, 0.5) is 0 Å². The van der Waals surface area contributed by atoms with Gasteiger partial charge in [0, 0.05) is 5.56 Å². The van der Waals surface area contributed by atoms with Crippen LogP contribution in [0.2, 0.25) is 0 Å². The molecule has 0 aliphatic heterocycles. The molecule has 0 aliphatic carbocycles. The van der Waals surface area contributed by atoms with Gasteiger partial charge in [-0.2, -0.15) is 5.10 Å². The smallest absolute Gasteiger partial charge is 0.252 e. The average molecular weight is 480 g/mol. The van der Waals surface area contributed by atoms with E-state index in [2.05, 4.69) is 15.7 Å². The zero-order chi connectivity index (χ0) is 24.9. The highest BCUT2D eigenvalue weighted by Gasteiger charge is 2.21. The Morgan fingerprint density at radius 1 is 1.00 bits per heavy atom. The average Bonchev–Trinajstić information content (AvgIpc) is 3.58. The first-order chi connectivity index (χ1) is 17.6. The lowest BCUT2D eigenvalue weighted by Crippen LogP contribution is -2.44. The van der Waals surface area contributed by atoms with E-state index in [1.165, 1.54) is 0 Å². The number of fused-ring (bicyclic) bond motifs is 1. The molecule has 1 atom stereocenters. The molecule has 0 bridgehead atoms. The number of carbonyl (C=O) groups is 2. The predicted molar refractivity (Wildman–Crippen MR) is 136 cm³/mol. The SMILES string of the molecule is CC(NC(=O)c1cc(-c2ccccc2)nc2c1cnn2Cc1ccccc1)C(=O)NCc1ccco1. The number of hydrogen-bond acceptors (Lipinski definition) is 5. The molecule has 3 heterocycles. The molecule has 36 heavy (non-hydrogen) atoms. The molecule has 180 valence electrons. The van der Waals surface area contributed by atoms with Gasteiger partial charge in [-0.25, -0.2) is 9.67 Å². The van der Waals surface area contributed by atoms with Crippen LogP contribution in [0.1, 0.15) is 28.6 Å². The fourth-order valence-electron chi connectivity index (χ4n) is 3.94. The quantitative estimate of drug-likeness (QED) is 0.348. The Bertz CT molecular complexity index is 1480. The van der Waals surface area contributed by atoms with Crippen LogP contribution in [0.5, 0.6) is 0 Å². The van der Waals surface area contributed by atoms with Gasteiger partial charge in [0.2, 0.25) is 5.91 Å². The van der Waals surface area contributed by atoms with Crippen molar-refractivity contribution in [2.24, 2.45) is 0 Å². The monoisotopic (exact) mass is 479 g/mol. The van der Waals surface area contributed by atoms with Gasteiger partial charge in [0.15, 0.2) is 5.65 Å². The minimum atomic E-state index is -0.754. The highest BCUT2D eigenvalue weighted by Crippen LogP contribution is 2.25. The lowest BCUT2D eigenvalue weighted by Gasteiger charge is -2.15. The third kappa shape index (κ3) is 5.02. The Morgan fingerprint density at radius 2 is 1.75 bits per heavy atom. The van der Waals surface area contributed by atoms with E-state index in [1.807, 2.05) is 60.7 Å². The van der Waals surface area contributed by atoms with Gasteiger partial charge >= 0.3 is 0 Å². The van der Waals surface area contributed by atoms with Crippen molar-refractivity contribution >= 4 is 22.8 Å². The maximum Gasteiger partial charge on any atom is 0.252 e. The summed E-state index contributed by atoms with van der Waals surface area (Å²) in [6.45, 7) is 2.41. The van der Waals surface area contributed by atoms with Gasteiger partial charge < -0.3 is 15.1 Å². The molecule has 0 spiro atoms. The molecule has 0 saturated carbocycles. The Kier molecular flexibility index (Phi) is 6.57. The summed E-state index contributed by atoms with van der Waals surface area (Å²) in [5, 5.41) is 10.7. The summed E-state index contributed by atoms with van der Waals surface area (Å²) in [4.78, 5) is 30.8. The van der Waals surface area contributed by atoms with Crippen molar-refractivity contribution < 1.29 is 14.0 Å². The van der Waals surface area contributed by atoms with E-state index < -0.39 is 6.04 Å². The van der Waals surface area contributed by atoms with Gasteiger partial charge in [-0.3, -0.25) is 9.59 Å². The lowest BCUT2D eigenvalue weighted by molar-refractivity contribution is -0.122. The minimum absolute atomic E-state index is 0.246. The number of furan rings is 1. The van der Waals surface area contributed by atoms with Crippen LogP contribution in [0.25, 0.3) is 22.3 Å². The van der Waals surface area contributed by atoms with Crippen LogP contribution >= 0.6 is 0 Å².